The molecule has 1 aromatic carbocycles. The molecule has 4 aliphatic heterocycles. The Labute approximate surface area is 449 Å². The Bertz CT molecular complexity index is 2280. The first-order chi connectivity index (χ1) is 37.0. The maximum Gasteiger partial charge on any atom is 0.326 e. The van der Waals surface area contributed by atoms with Crippen molar-refractivity contribution >= 4 is 17.8 Å². The molecule has 8 fully saturated rings. The predicted molar refractivity (Wildman–Crippen MR) is 260 cm³/mol. The van der Waals surface area contributed by atoms with Gasteiger partial charge in [-0.05, 0) is 80.1 Å². The third kappa shape index (κ3) is 10.9. The van der Waals surface area contributed by atoms with Gasteiger partial charge in [-0.3, -0.25) is 9.59 Å². The molecule has 438 valence electrons. The van der Waals surface area contributed by atoms with E-state index in [0.717, 1.165) is 5.57 Å². The summed E-state index contributed by atoms with van der Waals surface area (Å²) in [6, 6.07) is 7.21. The van der Waals surface area contributed by atoms with Gasteiger partial charge in [0.05, 0.1) is 37.4 Å². The molecule has 4 saturated heterocycles. The molecule has 14 N–H and O–H groups in total. The van der Waals surface area contributed by atoms with E-state index < -0.39 is 184 Å². The zero-order valence-corrected chi connectivity index (χ0v) is 43.4. The number of carbonyl (C=O) groups is 3. The quantitative estimate of drug-likeness (QED) is 0.0436. The van der Waals surface area contributed by atoms with Gasteiger partial charge in [0.15, 0.2) is 25.0 Å². The minimum atomic E-state index is -1.98. The lowest BCUT2D eigenvalue weighted by molar-refractivity contribution is -0.397. The van der Waals surface area contributed by atoms with Crippen molar-refractivity contribution in [1.82, 2.24) is 5.32 Å². The van der Waals surface area contributed by atoms with Gasteiger partial charge >= 0.3 is 11.9 Å². The second-order valence-electron chi connectivity index (χ2n) is 23.4. The van der Waals surface area contributed by atoms with E-state index >= 15 is 0 Å². The summed E-state index contributed by atoms with van der Waals surface area (Å²) >= 11 is 0. The zero-order chi connectivity index (χ0) is 56.3. The summed E-state index contributed by atoms with van der Waals surface area (Å²) in [4.78, 5) is 40.6. The number of carboxylic acids is 1. The lowest BCUT2D eigenvalue weighted by Crippen LogP contribution is -2.67. The van der Waals surface area contributed by atoms with Crippen molar-refractivity contribution in [1.29, 1.82) is 0 Å². The number of hydrogen-bond donors (Lipinski definition) is 14. The molecule has 4 aliphatic carbocycles. The summed E-state index contributed by atoms with van der Waals surface area (Å²) in [5.74, 6) is -3.77. The minimum absolute atomic E-state index is 0.0682. The molecule has 5 unspecified atom stereocenters. The van der Waals surface area contributed by atoms with Crippen LogP contribution >= 0.6 is 0 Å². The summed E-state index contributed by atoms with van der Waals surface area (Å²) in [7, 11) is 0. The molecule has 8 aliphatic rings. The van der Waals surface area contributed by atoms with Gasteiger partial charge in [0.1, 0.15) is 85.4 Å². The van der Waals surface area contributed by atoms with E-state index in [9.17, 15) is 80.8 Å². The Morgan fingerprint density at radius 1 is 0.679 bits per heavy atom. The van der Waals surface area contributed by atoms with E-state index in [1.165, 1.54) is 0 Å². The highest BCUT2D eigenvalue weighted by Crippen LogP contribution is 2.72. The van der Waals surface area contributed by atoms with Crippen LogP contribution in [0.1, 0.15) is 77.2 Å². The van der Waals surface area contributed by atoms with Gasteiger partial charge in [-0.1, -0.05) is 55.8 Å². The molecular weight excluding hydrogens is 1030 g/mol. The summed E-state index contributed by atoms with van der Waals surface area (Å²) in [6.45, 7) is 5.95. The van der Waals surface area contributed by atoms with Gasteiger partial charge in [0.25, 0.3) is 5.91 Å². The summed E-state index contributed by atoms with van der Waals surface area (Å²) in [6.07, 6.45) is -29.8. The molecule has 4 heterocycles. The molecule has 1 amide bonds. The first-order valence-electron chi connectivity index (χ1n) is 27.0. The smallest absolute Gasteiger partial charge is 0.326 e. The van der Waals surface area contributed by atoms with E-state index in [1.54, 1.807) is 30.3 Å². The number of aliphatic carboxylic acids is 1. The fraction of sp³-hybridized carbons (Fsp3) is 0.792. The molecule has 0 radical (unpaired) electrons. The Kier molecular flexibility index (Phi) is 17.8. The van der Waals surface area contributed by atoms with Gasteiger partial charge in [0.2, 0.25) is 6.29 Å². The third-order valence-corrected chi connectivity index (χ3v) is 18.7. The number of fused-ring (bicyclic) bond motifs is 3. The van der Waals surface area contributed by atoms with Crippen LogP contribution in [-0.4, -0.2) is 233 Å². The molecule has 1 spiro atoms. The number of benzene rings is 1. The minimum Gasteiger partial charge on any atom is -0.480 e. The van der Waals surface area contributed by atoms with Gasteiger partial charge < -0.3 is 110 Å². The summed E-state index contributed by atoms with van der Waals surface area (Å²) in [5, 5.41) is 142. The lowest BCUT2D eigenvalue weighted by atomic mass is 9.41. The topological polar surface area (TPSA) is 400 Å². The highest BCUT2D eigenvalue weighted by molar-refractivity contribution is 5.87. The highest BCUT2D eigenvalue weighted by Gasteiger charge is 2.68. The van der Waals surface area contributed by atoms with Crippen LogP contribution < -0.4 is 5.32 Å². The largest absolute Gasteiger partial charge is 0.480 e. The molecule has 78 heavy (non-hydrogen) atoms. The van der Waals surface area contributed by atoms with E-state index in [4.69, 9.17) is 37.9 Å². The van der Waals surface area contributed by atoms with Crippen LogP contribution in [-0.2, 0) is 58.7 Å². The molecule has 1 aromatic rings. The van der Waals surface area contributed by atoms with Crippen molar-refractivity contribution in [2.75, 3.05) is 19.8 Å². The maximum atomic E-state index is 14.8. The Balaban J connectivity index is 0.961. The Morgan fingerprint density at radius 2 is 1.27 bits per heavy atom. The van der Waals surface area contributed by atoms with Gasteiger partial charge in [0, 0.05) is 18.8 Å². The van der Waals surface area contributed by atoms with Gasteiger partial charge in [-0.2, -0.15) is 0 Å². The first-order valence-corrected chi connectivity index (χ1v) is 27.0. The van der Waals surface area contributed by atoms with Gasteiger partial charge in [-0.15, -0.1) is 0 Å². The average Bonchev–Trinajstić information content (AvgIpc) is 3.69. The highest BCUT2D eigenvalue weighted by atomic mass is 16.8. The van der Waals surface area contributed by atoms with Crippen LogP contribution in [0.25, 0.3) is 0 Å². The number of hydrogen-bond acceptors (Lipinski definition) is 23. The Morgan fingerprint density at radius 3 is 1.87 bits per heavy atom. The lowest BCUT2D eigenvalue weighted by Gasteiger charge is -2.64. The number of carbonyl (C=O) groups excluding carboxylic acids is 2. The monoisotopic (exact) mass is 1110 g/mol. The second-order valence-corrected chi connectivity index (χ2v) is 23.4. The fourth-order valence-electron chi connectivity index (χ4n) is 14.7. The maximum absolute atomic E-state index is 14.8. The van der Waals surface area contributed by atoms with E-state index in [2.05, 4.69) is 18.8 Å². The van der Waals surface area contributed by atoms with E-state index in [1.807, 2.05) is 6.92 Å². The number of esters is 1. The number of rotatable bonds is 16. The van der Waals surface area contributed by atoms with Crippen LogP contribution in [0, 0.1) is 34.0 Å². The van der Waals surface area contributed by atoms with Crippen molar-refractivity contribution in [3.8, 4) is 0 Å². The van der Waals surface area contributed by atoms with Gasteiger partial charge in [-0.25, -0.2) is 4.79 Å². The molecule has 27 atom stereocenters. The van der Waals surface area contributed by atoms with E-state index in [0.29, 0.717) is 56.9 Å². The van der Waals surface area contributed by atoms with E-state index in [-0.39, 0.29) is 29.6 Å². The normalized spacial score (nSPS) is 47.8. The van der Waals surface area contributed by atoms with Crippen LogP contribution in [0.15, 0.2) is 42.5 Å². The van der Waals surface area contributed by atoms with Crippen molar-refractivity contribution in [2.45, 2.75) is 207 Å². The number of aliphatic hydroxyl groups is 12. The van der Waals surface area contributed by atoms with Crippen LogP contribution in [0.4, 0.5) is 0 Å². The van der Waals surface area contributed by atoms with Crippen molar-refractivity contribution < 1.29 is 119 Å². The summed E-state index contributed by atoms with van der Waals surface area (Å²) < 4.78 is 48.8. The number of aliphatic hydroxyl groups excluding tert-OH is 12. The average molecular weight is 1110 g/mol. The summed E-state index contributed by atoms with van der Waals surface area (Å²) in [5.41, 5.74) is -0.547. The van der Waals surface area contributed by atoms with Crippen LogP contribution in [0.2, 0.25) is 0 Å². The predicted octanol–water partition coefficient (Wildman–Crippen LogP) is -3.41. The first kappa shape index (κ1) is 59.2. The number of amides is 1. The third-order valence-electron chi connectivity index (χ3n) is 18.7. The molecule has 9 rings (SSSR count). The fourth-order valence-corrected chi connectivity index (χ4v) is 14.7. The second kappa shape index (κ2) is 23.5. The molecule has 4 saturated carbocycles. The van der Waals surface area contributed by atoms with Crippen LogP contribution in [0.3, 0.4) is 0 Å². The number of nitrogens with one attached hydrogen (secondary N) is 1. The molecule has 25 heteroatoms. The standard InChI is InChI=1S/C53H77NO24/c1-22-17-53-13-10-32-51(2,11-7-12-52(32,3)50(70)78-46-27(59)15-26(58)41(75-46)44(67)54-25(45(68)69)14-23-8-5-4-6-9-23)33(53)16-28(24(22)18-53)71-49-43(77-48-40(66)38(64)35(61)30(20-56)73-48)42(36(62)31(21-57)74-49)76-47-39(65)37(63)34(60)29(19-55)72-47/h4-6,8-9,24-43,46-49,55-66H,1,7,10-21H2,2-3H3,(H,54,67)(H,68,69)/t24?,25-,26+,27-,28?,29-,30-,31-,32+,33+,34-,35-,36-,37+,38+,39-,40-,41+,42?,43-,46?,47+,48+,49-,51-,52-,53?/m1/s1. The van der Waals surface area contributed by atoms with Crippen molar-refractivity contribution in [3.63, 3.8) is 0 Å². The molecule has 0 aromatic heterocycles. The molecular formula is C53H77NO24. The molecule has 2 bridgehead atoms. The molecule has 25 nitrogen and oxygen atoms in total. The van der Waals surface area contributed by atoms with Crippen molar-refractivity contribution in [3.05, 3.63) is 48.0 Å². The zero-order valence-electron chi connectivity index (χ0n) is 43.4. The number of ether oxygens (including phenoxy) is 8. The van der Waals surface area contributed by atoms with Crippen molar-refractivity contribution in [2.24, 2.45) is 34.0 Å². The Hall–Kier alpha value is -3.39. The SMILES string of the molecule is C=C1CC23CC[C@H]4[C@@](C)(CCC[C@@]4(C)C(=O)OC4O[C@H](C(=O)N[C@H](Cc5ccccc5)C(=O)O)[C@@H](O)C[C@H]4O)[C@@H]2CC(O[C@@H]2O[C@H](CO)[C@@H](O)C(O[C@@H]4O[C@H](CO)[C@@H](O)[C@H](O)[C@H]4O)[C@H]2O[C@@H]2O[C@H](CO)[C@@H](O)[C@H](O)[C@H]2O)C1C3. The van der Waals surface area contributed by atoms with Crippen LogP contribution in [0.5, 0.6) is 0 Å². The number of carboxylic acid groups (broad SMARTS) is 1.